The average molecular weight is 338 g/mol. The summed E-state index contributed by atoms with van der Waals surface area (Å²) < 4.78 is 36.5. The lowest BCUT2D eigenvalue weighted by molar-refractivity contribution is -0.136. The third-order valence-electron chi connectivity index (χ3n) is 2.96. The van der Waals surface area contributed by atoms with E-state index in [1.807, 2.05) is 0 Å². The Morgan fingerprint density at radius 1 is 1.17 bits per heavy atom. The summed E-state index contributed by atoms with van der Waals surface area (Å²) in [5.41, 5.74) is -0.265. The topological polar surface area (TPSA) is 80.6 Å². The van der Waals surface area contributed by atoms with Crippen LogP contribution in [0.2, 0.25) is 0 Å². The number of rotatable bonds is 7. The second-order valence-electron chi connectivity index (χ2n) is 4.82. The number of carbonyl (C=O) groups excluding carboxylic acids is 2. The fourth-order valence-electron chi connectivity index (χ4n) is 1.79. The van der Waals surface area contributed by atoms with E-state index in [-0.39, 0.29) is 12.2 Å². The minimum atomic E-state index is -1.03. The summed E-state index contributed by atoms with van der Waals surface area (Å²) in [6.07, 6.45) is 2.03. The van der Waals surface area contributed by atoms with Crippen molar-refractivity contribution in [1.29, 1.82) is 0 Å². The Bertz CT molecular complexity index is 689. The monoisotopic (exact) mass is 338 g/mol. The Kier molecular flexibility index (Phi) is 6.44. The highest BCUT2D eigenvalue weighted by atomic mass is 19.1. The van der Waals surface area contributed by atoms with Gasteiger partial charge in [-0.25, -0.2) is 8.78 Å². The Balaban J connectivity index is 1.63. The molecule has 6 nitrogen and oxygen atoms in total. The van der Waals surface area contributed by atoms with Gasteiger partial charge < -0.3 is 19.8 Å². The summed E-state index contributed by atoms with van der Waals surface area (Å²) >= 11 is 0. The number of nitrogens with one attached hydrogen (secondary N) is 2. The molecule has 0 saturated carbocycles. The molecule has 24 heavy (non-hydrogen) atoms. The van der Waals surface area contributed by atoms with Gasteiger partial charge in [-0.15, -0.1) is 0 Å². The van der Waals surface area contributed by atoms with Crippen molar-refractivity contribution in [1.82, 2.24) is 5.32 Å². The first-order valence-corrected chi connectivity index (χ1v) is 7.20. The number of ether oxygens (including phenoxy) is 1. The van der Waals surface area contributed by atoms with E-state index in [1.54, 1.807) is 18.4 Å². The number of carbonyl (C=O) groups is 2. The lowest BCUT2D eigenvalue weighted by Gasteiger charge is -2.07. The van der Waals surface area contributed by atoms with Crippen molar-refractivity contribution in [3.05, 3.63) is 54.0 Å². The SMILES string of the molecule is O=C(NCCCOCc1ccco1)C(=O)Nc1ccc(F)cc1F. The van der Waals surface area contributed by atoms with E-state index in [2.05, 4.69) is 10.6 Å². The number of anilines is 1. The van der Waals surface area contributed by atoms with E-state index in [4.69, 9.17) is 9.15 Å². The van der Waals surface area contributed by atoms with Crippen molar-refractivity contribution in [3.63, 3.8) is 0 Å². The average Bonchev–Trinajstić information content (AvgIpc) is 3.06. The van der Waals surface area contributed by atoms with Gasteiger partial charge in [-0.05, 0) is 30.7 Å². The van der Waals surface area contributed by atoms with Crippen LogP contribution in [0.3, 0.4) is 0 Å². The molecule has 1 aromatic heterocycles. The van der Waals surface area contributed by atoms with E-state index in [0.29, 0.717) is 31.5 Å². The summed E-state index contributed by atoms with van der Waals surface area (Å²) in [7, 11) is 0. The van der Waals surface area contributed by atoms with Gasteiger partial charge in [0.05, 0.1) is 12.0 Å². The smallest absolute Gasteiger partial charge is 0.313 e. The van der Waals surface area contributed by atoms with E-state index in [0.717, 1.165) is 12.1 Å². The molecule has 8 heteroatoms. The number of hydrogen-bond donors (Lipinski definition) is 2. The summed E-state index contributed by atoms with van der Waals surface area (Å²) in [5, 5.41) is 4.45. The molecular weight excluding hydrogens is 322 g/mol. The number of amides is 2. The zero-order valence-electron chi connectivity index (χ0n) is 12.7. The molecular formula is C16H16F2N2O4. The van der Waals surface area contributed by atoms with Crippen LogP contribution >= 0.6 is 0 Å². The van der Waals surface area contributed by atoms with Crippen LogP contribution in [-0.4, -0.2) is 25.0 Å². The Labute approximate surface area is 136 Å². The van der Waals surface area contributed by atoms with Crippen LogP contribution in [0.4, 0.5) is 14.5 Å². The van der Waals surface area contributed by atoms with Gasteiger partial charge in [0.1, 0.15) is 24.0 Å². The van der Waals surface area contributed by atoms with E-state index >= 15 is 0 Å². The molecule has 1 aromatic carbocycles. The highest BCUT2D eigenvalue weighted by Crippen LogP contribution is 2.14. The van der Waals surface area contributed by atoms with Gasteiger partial charge in [0.2, 0.25) is 0 Å². The van der Waals surface area contributed by atoms with Gasteiger partial charge >= 0.3 is 11.8 Å². The molecule has 0 bridgehead atoms. The van der Waals surface area contributed by atoms with Crippen molar-refractivity contribution in [3.8, 4) is 0 Å². The molecule has 0 aliphatic rings. The molecule has 0 unspecified atom stereocenters. The molecule has 2 aromatic rings. The largest absolute Gasteiger partial charge is 0.467 e. The number of furan rings is 1. The third kappa shape index (κ3) is 5.47. The molecule has 0 aliphatic carbocycles. The summed E-state index contributed by atoms with van der Waals surface area (Å²) in [4.78, 5) is 23.2. The third-order valence-corrected chi connectivity index (χ3v) is 2.96. The predicted molar refractivity (Wildman–Crippen MR) is 81.0 cm³/mol. The van der Waals surface area contributed by atoms with Crippen molar-refractivity contribution in [2.45, 2.75) is 13.0 Å². The Hall–Kier alpha value is -2.74. The van der Waals surface area contributed by atoms with Gasteiger partial charge in [0.25, 0.3) is 0 Å². The zero-order valence-corrected chi connectivity index (χ0v) is 12.7. The normalized spacial score (nSPS) is 10.4. The highest BCUT2D eigenvalue weighted by Gasteiger charge is 2.15. The fraction of sp³-hybridized carbons (Fsp3) is 0.250. The fourth-order valence-corrected chi connectivity index (χ4v) is 1.79. The predicted octanol–water partition coefficient (Wildman–Crippen LogP) is 2.22. The number of benzene rings is 1. The summed E-state index contributed by atoms with van der Waals surface area (Å²) in [6, 6.07) is 6.16. The second kappa shape index (κ2) is 8.78. The maximum Gasteiger partial charge on any atom is 0.313 e. The molecule has 2 rings (SSSR count). The summed E-state index contributed by atoms with van der Waals surface area (Å²) in [6.45, 7) is 0.913. The number of halogens is 2. The van der Waals surface area contributed by atoms with Crippen LogP contribution in [0, 0.1) is 11.6 Å². The minimum Gasteiger partial charge on any atom is -0.467 e. The van der Waals surface area contributed by atoms with Crippen molar-refractivity contribution >= 4 is 17.5 Å². The molecule has 0 aliphatic heterocycles. The highest BCUT2D eigenvalue weighted by molar-refractivity contribution is 6.39. The van der Waals surface area contributed by atoms with E-state index in [1.165, 1.54) is 0 Å². The maximum absolute atomic E-state index is 13.4. The van der Waals surface area contributed by atoms with Crippen molar-refractivity contribution < 1.29 is 27.5 Å². The summed E-state index contributed by atoms with van der Waals surface area (Å²) in [5.74, 6) is -2.98. The lowest BCUT2D eigenvalue weighted by Crippen LogP contribution is -2.36. The van der Waals surface area contributed by atoms with Crippen LogP contribution in [0.15, 0.2) is 41.0 Å². The molecule has 0 spiro atoms. The van der Waals surface area contributed by atoms with Crippen LogP contribution in [0.25, 0.3) is 0 Å². The first kappa shape index (κ1) is 17.6. The lowest BCUT2D eigenvalue weighted by atomic mass is 10.3. The standard InChI is InChI=1S/C16H16F2N2O4/c17-11-4-5-14(13(18)9-11)20-16(22)15(21)19-6-2-7-23-10-12-3-1-8-24-12/h1,3-5,8-9H,2,6-7,10H2,(H,19,21)(H,20,22). The number of hydrogen-bond acceptors (Lipinski definition) is 4. The minimum absolute atomic E-state index is 0.219. The molecule has 0 radical (unpaired) electrons. The van der Waals surface area contributed by atoms with E-state index < -0.39 is 23.4 Å². The Morgan fingerprint density at radius 3 is 2.71 bits per heavy atom. The zero-order chi connectivity index (χ0) is 17.4. The van der Waals surface area contributed by atoms with Crippen LogP contribution in [0.1, 0.15) is 12.2 Å². The molecule has 128 valence electrons. The molecule has 0 saturated heterocycles. The molecule has 0 fully saturated rings. The van der Waals surface area contributed by atoms with Crippen LogP contribution in [0.5, 0.6) is 0 Å². The van der Waals surface area contributed by atoms with Gasteiger partial charge in [-0.3, -0.25) is 9.59 Å². The molecule has 1 heterocycles. The Morgan fingerprint density at radius 2 is 2.00 bits per heavy atom. The quantitative estimate of drug-likeness (QED) is 0.599. The maximum atomic E-state index is 13.4. The first-order chi connectivity index (χ1) is 11.6. The van der Waals surface area contributed by atoms with E-state index in [9.17, 15) is 18.4 Å². The van der Waals surface area contributed by atoms with Gasteiger partial charge in [0, 0.05) is 19.2 Å². The first-order valence-electron chi connectivity index (χ1n) is 7.20. The molecule has 2 N–H and O–H groups in total. The molecule has 2 amide bonds. The van der Waals surface area contributed by atoms with Crippen molar-refractivity contribution in [2.24, 2.45) is 0 Å². The van der Waals surface area contributed by atoms with Crippen LogP contribution in [-0.2, 0) is 20.9 Å². The van der Waals surface area contributed by atoms with Crippen molar-refractivity contribution in [2.75, 3.05) is 18.5 Å². The van der Waals surface area contributed by atoms with Gasteiger partial charge in [-0.2, -0.15) is 0 Å². The van der Waals surface area contributed by atoms with Gasteiger partial charge in [-0.1, -0.05) is 0 Å². The van der Waals surface area contributed by atoms with Crippen LogP contribution < -0.4 is 10.6 Å². The van der Waals surface area contributed by atoms with Gasteiger partial charge in [0.15, 0.2) is 0 Å². The second-order valence-corrected chi connectivity index (χ2v) is 4.82. The molecule has 0 atom stereocenters.